The summed E-state index contributed by atoms with van der Waals surface area (Å²) in [5.41, 5.74) is 1.62. The molecule has 0 spiro atoms. The Morgan fingerprint density at radius 1 is 1.10 bits per heavy atom. The van der Waals surface area contributed by atoms with Crippen molar-refractivity contribution in [1.29, 1.82) is 0 Å². The summed E-state index contributed by atoms with van der Waals surface area (Å²) in [5, 5.41) is 0.625. The average molecular weight is 296 g/mol. The van der Waals surface area contributed by atoms with Crippen LogP contribution in [0.25, 0.3) is 22.3 Å². The van der Waals surface area contributed by atoms with Crippen molar-refractivity contribution >= 4 is 22.7 Å². The molecule has 0 radical (unpaired) electrons. The van der Waals surface area contributed by atoms with E-state index in [9.17, 15) is 4.79 Å². The summed E-state index contributed by atoms with van der Waals surface area (Å²) in [5.74, 6) is 1.69. The third kappa shape index (κ3) is 2.85. The molecule has 0 aliphatic carbocycles. The standard InChI is InChI=1S/C17H16N2OS/c1-2-11-21-15-10-6-4-8-13(15)16-18-14-9-5-3-7-12(14)17(20)19-16/h3-10H,2,11H2,1H3,(H,18,19,20). The number of nitrogens with one attached hydrogen (secondary N) is 1. The van der Waals surface area contributed by atoms with Gasteiger partial charge in [-0.05, 0) is 30.4 Å². The molecule has 0 fully saturated rings. The van der Waals surface area contributed by atoms with Gasteiger partial charge >= 0.3 is 0 Å². The van der Waals surface area contributed by atoms with Crippen molar-refractivity contribution in [3.8, 4) is 11.4 Å². The van der Waals surface area contributed by atoms with E-state index in [0.29, 0.717) is 11.2 Å². The molecule has 106 valence electrons. The van der Waals surface area contributed by atoms with Gasteiger partial charge in [0.05, 0.1) is 10.9 Å². The molecular weight excluding hydrogens is 280 g/mol. The van der Waals surface area contributed by atoms with Crippen LogP contribution in [0.15, 0.2) is 58.2 Å². The predicted molar refractivity (Wildman–Crippen MR) is 88.8 cm³/mol. The SMILES string of the molecule is CCCSc1ccccc1-c1nc2ccccc2c(=O)[nH]1. The van der Waals surface area contributed by atoms with Gasteiger partial charge in [0.25, 0.3) is 5.56 Å². The molecule has 1 aromatic heterocycles. The third-order valence-corrected chi connectivity index (χ3v) is 4.50. The number of aromatic nitrogens is 2. The van der Waals surface area contributed by atoms with Crippen LogP contribution < -0.4 is 5.56 Å². The van der Waals surface area contributed by atoms with E-state index < -0.39 is 0 Å². The first-order valence-corrected chi connectivity index (χ1v) is 7.99. The monoisotopic (exact) mass is 296 g/mol. The number of hydrogen-bond acceptors (Lipinski definition) is 3. The first-order valence-electron chi connectivity index (χ1n) is 7.01. The van der Waals surface area contributed by atoms with Gasteiger partial charge in [0.15, 0.2) is 0 Å². The maximum atomic E-state index is 12.2. The van der Waals surface area contributed by atoms with Crippen LogP contribution in [0, 0.1) is 0 Å². The molecule has 21 heavy (non-hydrogen) atoms. The molecule has 0 unspecified atom stereocenters. The van der Waals surface area contributed by atoms with Crippen LogP contribution in [0.5, 0.6) is 0 Å². The summed E-state index contributed by atoms with van der Waals surface area (Å²) in [4.78, 5) is 20.9. The number of aromatic amines is 1. The molecule has 1 heterocycles. The Morgan fingerprint density at radius 2 is 1.86 bits per heavy atom. The fraction of sp³-hybridized carbons (Fsp3) is 0.176. The molecule has 0 atom stereocenters. The molecule has 0 aliphatic heterocycles. The van der Waals surface area contributed by atoms with E-state index in [2.05, 4.69) is 23.0 Å². The van der Waals surface area contributed by atoms with Gasteiger partial charge in [0.1, 0.15) is 5.82 Å². The Morgan fingerprint density at radius 3 is 2.71 bits per heavy atom. The lowest BCUT2D eigenvalue weighted by Crippen LogP contribution is -2.09. The van der Waals surface area contributed by atoms with E-state index in [4.69, 9.17) is 0 Å². The van der Waals surface area contributed by atoms with Gasteiger partial charge in [0, 0.05) is 10.5 Å². The first kappa shape index (κ1) is 13.9. The Bertz CT molecular complexity index is 826. The quantitative estimate of drug-likeness (QED) is 0.737. The lowest BCUT2D eigenvalue weighted by Gasteiger charge is -2.08. The highest BCUT2D eigenvalue weighted by Gasteiger charge is 2.09. The predicted octanol–water partition coefficient (Wildman–Crippen LogP) is 4.09. The van der Waals surface area contributed by atoms with E-state index >= 15 is 0 Å². The molecule has 2 aromatic carbocycles. The Kier molecular flexibility index (Phi) is 4.06. The van der Waals surface area contributed by atoms with Crippen molar-refractivity contribution in [2.24, 2.45) is 0 Å². The van der Waals surface area contributed by atoms with Gasteiger partial charge in [0.2, 0.25) is 0 Å². The summed E-state index contributed by atoms with van der Waals surface area (Å²) >= 11 is 1.79. The number of fused-ring (bicyclic) bond motifs is 1. The van der Waals surface area contributed by atoms with Crippen LogP contribution in [0.3, 0.4) is 0 Å². The number of benzene rings is 2. The van der Waals surface area contributed by atoms with Gasteiger partial charge < -0.3 is 4.98 Å². The zero-order valence-corrected chi connectivity index (χ0v) is 12.6. The van der Waals surface area contributed by atoms with Crippen molar-refractivity contribution in [2.45, 2.75) is 18.2 Å². The number of hydrogen-bond donors (Lipinski definition) is 1. The second-order valence-electron chi connectivity index (χ2n) is 4.78. The van der Waals surface area contributed by atoms with Gasteiger partial charge in [-0.3, -0.25) is 4.79 Å². The van der Waals surface area contributed by atoms with Crippen molar-refractivity contribution in [2.75, 3.05) is 5.75 Å². The number of nitrogens with zero attached hydrogens (tertiary/aromatic N) is 1. The molecule has 3 rings (SSSR count). The van der Waals surface area contributed by atoms with Crippen LogP contribution in [0.2, 0.25) is 0 Å². The van der Waals surface area contributed by atoms with E-state index in [-0.39, 0.29) is 5.56 Å². The highest BCUT2D eigenvalue weighted by molar-refractivity contribution is 7.99. The fourth-order valence-electron chi connectivity index (χ4n) is 2.21. The summed E-state index contributed by atoms with van der Waals surface area (Å²) in [6, 6.07) is 15.5. The van der Waals surface area contributed by atoms with Crippen LogP contribution in [0.4, 0.5) is 0 Å². The van der Waals surface area contributed by atoms with Gasteiger partial charge in [-0.15, -0.1) is 11.8 Å². The van der Waals surface area contributed by atoms with Crippen molar-refractivity contribution in [1.82, 2.24) is 9.97 Å². The van der Waals surface area contributed by atoms with Crippen LogP contribution in [-0.2, 0) is 0 Å². The zero-order valence-electron chi connectivity index (χ0n) is 11.8. The number of rotatable bonds is 4. The summed E-state index contributed by atoms with van der Waals surface area (Å²) < 4.78 is 0. The molecular formula is C17H16N2OS. The summed E-state index contributed by atoms with van der Waals surface area (Å²) in [6.07, 6.45) is 1.11. The molecule has 1 N–H and O–H groups in total. The molecule has 0 saturated heterocycles. The average Bonchev–Trinajstić information content (AvgIpc) is 2.53. The van der Waals surface area contributed by atoms with Crippen LogP contribution >= 0.6 is 11.8 Å². The van der Waals surface area contributed by atoms with Crippen molar-refractivity contribution < 1.29 is 0 Å². The summed E-state index contributed by atoms with van der Waals surface area (Å²) in [6.45, 7) is 2.16. The first-order chi connectivity index (χ1) is 10.3. The molecule has 4 heteroatoms. The Balaban J connectivity index is 2.14. The van der Waals surface area contributed by atoms with E-state index in [0.717, 1.165) is 28.1 Å². The van der Waals surface area contributed by atoms with E-state index in [1.807, 2.05) is 36.4 Å². The van der Waals surface area contributed by atoms with Crippen molar-refractivity contribution in [3.63, 3.8) is 0 Å². The smallest absolute Gasteiger partial charge is 0.259 e. The Hall–Kier alpha value is -2.07. The minimum absolute atomic E-state index is 0.0918. The lowest BCUT2D eigenvalue weighted by atomic mass is 10.2. The normalized spacial score (nSPS) is 10.9. The van der Waals surface area contributed by atoms with Gasteiger partial charge in [-0.25, -0.2) is 4.98 Å². The third-order valence-electron chi connectivity index (χ3n) is 3.22. The number of H-pyrrole nitrogens is 1. The number of thioether (sulfide) groups is 1. The largest absolute Gasteiger partial charge is 0.306 e. The topological polar surface area (TPSA) is 45.8 Å². The molecule has 0 saturated carbocycles. The maximum absolute atomic E-state index is 12.2. The van der Waals surface area contributed by atoms with Gasteiger partial charge in [-0.1, -0.05) is 37.3 Å². The van der Waals surface area contributed by atoms with Gasteiger partial charge in [-0.2, -0.15) is 0 Å². The van der Waals surface area contributed by atoms with Crippen LogP contribution in [0.1, 0.15) is 13.3 Å². The highest BCUT2D eigenvalue weighted by Crippen LogP contribution is 2.29. The molecule has 0 amide bonds. The van der Waals surface area contributed by atoms with E-state index in [1.165, 1.54) is 0 Å². The van der Waals surface area contributed by atoms with E-state index in [1.54, 1.807) is 17.8 Å². The fourth-order valence-corrected chi connectivity index (χ4v) is 3.13. The summed E-state index contributed by atoms with van der Waals surface area (Å²) in [7, 11) is 0. The highest BCUT2D eigenvalue weighted by atomic mass is 32.2. The zero-order chi connectivity index (χ0) is 14.7. The minimum atomic E-state index is -0.0918. The second-order valence-corrected chi connectivity index (χ2v) is 5.91. The molecule has 3 aromatic rings. The molecule has 3 nitrogen and oxygen atoms in total. The molecule has 0 bridgehead atoms. The second kappa shape index (κ2) is 6.14. The van der Waals surface area contributed by atoms with Crippen LogP contribution in [-0.4, -0.2) is 15.7 Å². The maximum Gasteiger partial charge on any atom is 0.259 e. The molecule has 0 aliphatic rings. The minimum Gasteiger partial charge on any atom is -0.306 e. The Labute approximate surface area is 127 Å². The lowest BCUT2D eigenvalue weighted by molar-refractivity contribution is 1.10. The number of para-hydroxylation sites is 1. The van der Waals surface area contributed by atoms with Crippen molar-refractivity contribution in [3.05, 3.63) is 58.9 Å².